The maximum absolute atomic E-state index is 12.1. The van der Waals surface area contributed by atoms with Gasteiger partial charge in [0.1, 0.15) is 0 Å². The molecule has 1 unspecified atom stereocenters. The molecule has 0 radical (unpaired) electrons. The van der Waals surface area contributed by atoms with Crippen LogP contribution >= 0.6 is 7.60 Å². The van der Waals surface area contributed by atoms with Crippen molar-refractivity contribution in [2.75, 3.05) is 19.8 Å². The molecule has 24 heavy (non-hydrogen) atoms. The van der Waals surface area contributed by atoms with Gasteiger partial charge >= 0.3 is 13.7 Å². The Balaban J connectivity index is 4.14. The molecule has 0 aliphatic heterocycles. The van der Waals surface area contributed by atoms with Crippen LogP contribution in [0.2, 0.25) is 0 Å². The number of hydrogen-bond donors (Lipinski definition) is 1. The predicted octanol–water partition coefficient (Wildman–Crippen LogP) is 5.96. The van der Waals surface area contributed by atoms with E-state index < -0.39 is 13.7 Å². The molecule has 0 aromatic heterocycles. The van der Waals surface area contributed by atoms with Crippen molar-refractivity contribution in [2.24, 2.45) is 0 Å². The first-order valence-corrected chi connectivity index (χ1v) is 11.7. The van der Waals surface area contributed by atoms with Gasteiger partial charge < -0.3 is 14.3 Å². The SMILES string of the molecule is CCCCCCCCN(CCCCCCCC)C(=O)OP(C)(=O)O. The zero-order valence-corrected chi connectivity index (χ0v) is 16.9. The van der Waals surface area contributed by atoms with E-state index in [9.17, 15) is 14.3 Å². The fraction of sp³-hybridized carbons (Fsp3) is 0.944. The molecular formula is C18H38NO4P. The van der Waals surface area contributed by atoms with Crippen molar-refractivity contribution < 1.29 is 18.8 Å². The molecule has 0 fully saturated rings. The van der Waals surface area contributed by atoms with Crippen molar-refractivity contribution in [3.63, 3.8) is 0 Å². The summed E-state index contributed by atoms with van der Waals surface area (Å²) in [5.41, 5.74) is 0. The molecule has 0 aliphatic rings. The number of amides is 1. The minimum absolute atomic E-state index is 0.611. The van der Waals surface area contributed by atoms with Crippen LogP contribution in [0.3, 0.4) is 0 Å². The van der Waals surface area contributed by atoms with Crippen LogP contribution in [0, 0.1) is 0 Å². The third kappa shape index (κ3) is 15.0. The van der Waals surface area contributed by atoms with Gasteiger partial charge in [-0.2, -0.15) is 0 Å². The topological polar surface area (TPSA) is 66.8 Å². The average molecular weight is 363 g/mol. The lowest BCUT2D eigenvalue weighted by Gasteiger charge is -2.22. The first-order valence-electron chi connectivity index (χ1n) is 9.69. The van der Waals surface area contributed by atoms with E-state index in [-0.39, 0.29) is 0 Å². The van der Waals surface area contributed by atoms with E-state index in [1.54, 1.807) is 4.90 Å². The maximum atomic E-state index is 12.1. The number of carbonyl (C=O) groups excluding carboxylic acids is 1. The number of carbonyl (C=O) groups is 1. The molecule has 0 spiro atoms. The summed E-state index contributed by atoms with van der Waals surface area (Å²) in [5.74, 6) is 0. The van der Waals surface area contributed by atoms with E-state index in [1.165, 1.54) is 51.4 Å². The van der Waals surface area contributed by atoms with Crippen LogP contribution in [0.5, 0.6) is 0 Å². The standard InChI is InChI=1S/C18H38NO4P/c1-4-6-8-10-12-14-16-19(18(20)23-24(3,21)22)17-15-13-11-9-7-5-2/h4-17H2,1-3H3,(H,21,22). The molecule has 0 aromatic carbocycles. The maximum Gasteiger partial charge on any atom is 0.416 e. The highest BCUT2D eigenvalue weighted by molar-refractivity contribution is 7.52. The Morgan fingerprint density at radius 3 is 1.58 bits per heavy atom. The van der Waals surface area contributed by atoms with E-state index >= 15 is 0 Å². The molecule has 0 rings (SSSR count). The molecule has 6 heteroatoms. The Bertz CT molecular complexity index is 341. The van der Waals surface area contributed by atoms with Crippen molar-refractivity contribution in [3.8, 4) is 0 Å². The van der Waals surface area contributed by atoms with E-state index in [4.69, 9.17) is 0 Å². The fourth-order valence-corrected chi connectivity index (χ4v) is 3.07. The Morgan fingerprint density at radius 2 is 1.21 bits per heavy atom. The summed E-state index contributed by atoms with van der Waals surface area (Å²) >= 11 is 0. The molecule has 0 aromatic rings. The normalized spacial score (nSPS) is 13.5. The second-order valence-corrected chi connectivity index (χ2v) is 8.47. The van der Waals surface area contributed by atoms with Gasteiger partial charge in [-0.25, -0.2) is 9.36 Å². The second-order valence-electron chi connectivity index (χ2n) is 6.68. The summed E-state index contributed by atoms with van der Waals surface area (Å²) in [7, 11) is -3.77. The smallest absolute Gasteiger partial charge is 0.375 e. The molecule has 0 bridgehead atoms. The van der Waals surface area contributed by atoms with Crippen molar-refractivity contribution >= 4 is 13.7 Å². The first-order chi connectivity index (χ1) is 11.4. The van der Waals surface area contributed by atoms with Gasteiger partial charge in [-0.3, -0.25) is 0 Å². The highest BCUT2D eigenvalue weighted by atomic mass is 31.2. The van der Waals surface area contributed by atoms with Crippen molar-refractivity contribution in [1.29, 1.82) is 0 Å². The van der Waals surface area contributed by atoms with Crippen LogP contribution in [-0.2, 0) is 9.09 Å². The van der Waals surface area contributed by atoms with Gasteiger partial charge in [0.15, 0.2) is 0 Å². The monoisotopic (exact) mass is 363 g/mol. The zero-order chi connectivity index (χ0) is 18.3. The number of hydrogen-bond acceptors (Lipinski definition) is 3. The number of rotatable bonds is 15. The summed E-state index contributed by atoms with van der Waals surface area (Å²) in [5, 5.41) is 0. The van der Waals surface area contributed by atoms with Crippen LogP contribution in [0.15, 0.2) is 0 Å². The molecule has 0 heterocycles. The molecule has 0 saturated heterocycles. The van der Waals surface area contributed by atoms with Crippen LogP contribution in [0.1, 0.15) is 90.9 Å². The Morgan fingerprint density at radius 1 is 0.833 bits per heavy atom. The van der Waals surface area contributed by atoms with E-state index in [0.29, 0.717) is 13.1 Å². The summed E-state index contributed by atoms with van der Waals surface area (Å²) < 4.78 is 16.0. The molecule has 1 amide bonds. The second kappa shape index (κ2) is 14.8. The van der Waals surface area contributed by atoms with Gasteiger partial charge in [0, 0.05) is 19.8 Å². The van der Waals surface area contributed by atoms with E-state index in [2.05, 4.69) is 18.4 Å². The largest absolute Gasteiger partial charge is 0.416 e. The average Bonchev–Trinajstić information content (AvgIpc) is 2.50. The molecule has 1 N–H and O–H groups in total. The van der Waals surface area contributed by atoms with E-state index in [0.717, 1.165) is 32.3 Å². The number of unbranched alkanes of at least 4 members (excludes halogenated alkanes) is 10. The fourth-order valence-electron chi connectivity index (χ4n) is 2.66. The minimum Gasteiger partial charge on any atom is -0.375 e. The zero-order valence-electron chi connectivity index (χ0n) is 16.0. The highest BCUT2D eigenvalue weighted by Crippen LogP contribution is 2.37. The van der Waals surface area contributed by atoms with Gasteiger partial charge in [-0.05, 0) is 12.8 Å². The summed E-state index contributed by atoms with van der Waals surface area (Å²) in [6.45, 7) is 6.66. The third-order valence-electron chi connectivity index (χ3n) is 4.07. The highest BCUT2D eigenvalue weighted by Gasteiger charge is 2.22. The summed E-state index contributed by atoms with van der Waals surface area (Å²) in [6.07, 6.45) is 13.2. The summed E-state index contributed by atoms with van der Waals surface area (Å²) in [4.78, 5) is 22.9. The van der Waals surface area contributed by atoms with Crippen LogP contribution < -0.4 is 0 Å². The van der Waals surface area contributed by atoms with Gasteiger partial charge in [0.2, 0.25) is 0 Å². The Hall–Kier alpha value is -0.540. The van der Waals surface area contributed by atoms with Gasteiger partial charge in [-0.1, -0.05) is 78.1 Å². The first kappa shape index (κ1) is 23.5. The van der Waals surface area contributed by atoms with Crippen molar-refractivity contribution in [3.05, 3.63) is 0 Å². The van der Waals surface area contributed by atoms with Gasteiger partial charge in [-0.15, -0.1) is 0 Å². The lowest BCUT2D eigenvalue weighted by atomic mass is 10.1. The molecule has 144 valence electrons. The van der Waals surface area contributed by atoms with Gasteiger partial charge in [0.05, 0.1) is 0 Å². The van der Waals surface area contributed by atoms with Crippen LogP contribution in [0.4, 0.5) is 4.79 Å². The lowest BCUT2D eigenvalue weighted by molar-refractivity contribution is 0.145. The summed E-state index contributed by atoms with van der Waals surface area (Å²) in [6, 6.07) is 0. The lowest BCUT2D eigenvalue weighted by Crippen LogP contribution is -2.33. The molecule has 0 saturated carbocycles. The van der Waals surface area contributed by atoms with Crippen molar-refractivity contribution in [1.82, 2.24) is 4.90 Å². The number of nitrogens with zero attached hydrogens (tertiary/aromatic N) is 1. The van der Waals surface area contributed by atoms with E-state index in [1.807, 2.05) is 0 Å². The molecule has 5 nitrogen and oxygen atoms in total. The molecule has 0 aliphatic carbocycles. The Labute approximate surface area is 148 Å². The predicted molar refractivity (Wildman–Crippen MR) is 101 cm³/mol. The van der Waals surface area contributed by atoms with Crippen LogP contribution in [-0.4, -0.2) is 35.6 Å². The Kier molecular flexibility index (Phi) is 14.4. The minimum atomic E-state index is -3.77. The third-order valence-corrected chi connectivity index (χ3v) is 4.56. The van der Waals surface area contributed by atoms with Crippen LogP contribution in [0.25, 0.3) is 0 Å². The quantitative estimate of drug-likeness (QED) is 0.288. The molecular weight excluding hydrogens is 325 g/mol. The van der Waals surface area contributed by atoms with Crippen molar-refractivity contribution in [2.45, 2.75) is 90.9 Å². The molecule has 1 atom stereocenters. The van der Waals surface area contributed by atoms with Gasteiger partial charge in [0.25, 0.3) is 0 Å².